The van der Waals surface area contributed by atoms with Crippen molar-refractivity contribution in [1.29, 1.82) is 0 Å². The lowest BCUT2D eigenvalue weighted by atomic mass is 9.99. The second kappa shape index (κ2) is 7.81. The van der Waals surface area contributed by atoms with Gasteiger partial charge in [-0.2, -0.15) is 0 Å². The van der Waals surface area contributed by atoms with Crippen LogP contribution in [0.1, 0.15) is 5.56 Å². The smallest absolute Gasteiger partial charge is 0.212 e. The third-order valence-corrected chi connectivity index (χ3v) is 5.72. The van der Waals surface area contributed by atoms with Gasteiger partial charge in [-0.25, -0.2) is 0 Å². The first-order chi connectivity index (χ1) is 14.7. The minimum Gasteiger partial charge on any atom is -0.439 e. The third kappa shape index (κ3) is 3.29. The molecule has 0 atom stereocenters. The summed E-state index contributed by atoms with van der Waals surface area (Å²) in [6.45, 7) is 0.603. The molecule has 3 nitrogen and oxygen atoms in total. The van der Waals surface area contributed by atoms with Crippen molar-refractivity contribution in [2.75, 3.05) is 0 Å². The fourth-order valence-electron chi connectivity index (χ4n) is 3.78. The molecule has 0 amide bonds. The molecular weight excluding hydrogens is 438 g/mol. The molecule has 0 unspecified atom stereocenters. The standard InChI is InChI=1S/C26H18BrNO2/c27-21-17-28(16-18-10-4-1-5-11-18)26-23(24(21)29)22(19-12-6-2-7-13-19)25(30-26)20-14-8-3-9-15-20/h1-15,17H,16H2. The molecule has 0 aliphatic rings. The van der Waals surface area contributed by atoms with Crippen molar-refractivity contribution >= 4 is 27.0 Å². The number of furan rings is 1. The van der Waals surface area contributed by atoms with Crippen molar-refractivity contribution in [2.24, 2.45) is 0 Å². The second-order valence-electron chi connectivity index (χ2n) is 7.14. The number of rotatable bonds is 4. The SMILES string of the molecule is O=c1c(Br)cn(Cc2ccccc2)c2oc(-c3ccccc3)c(-c3ccccc3)c12. The van der Waals surface area contributed by atoms with Crippen LogP contribution in [0.2, 0.25) is 0 Å². The molecule has 0 spiro atoms. The summed E-state index contributed by atoms with van der Waals surface area (Å²) >= 11 is 3.48. The molecule has 0 saturated heterocycles. The van der Waals surface area contributed by atoms with Gasteiger partial charge >= 0.3 is 0 Å². The summed E-state index contributed by atoms with van der Waals surface area (Å²) in [6.07, 6.45) is 1.81. The van der Waals surface area contributed by atoms with Gasteiger partial charge in [0.1, 0.15) is 5.76 Å². The molecule has 0 aliphatic carbocycles. The van der Waals surface area contributed by atoms with Gasteiger partial charge in [0.2, 0.25) is 11.1 Å². The van der Waals surface area contributed by atoms with Crippen LogP contribution in [0.15, 0.2) is 111 Å². The Kier molecular flexibility index (Phi) is 4.85. The van der Waals surface area contributed by atoms with Gasteiger partial charge in [0, 0.05) is 17.3 Å². The largest absolute Gasteiger partial charge is 0.439 e. The molecule has 0 radical (unpaired) electrons. The van der Waals surface area contributed by atoms with E-state index in [0.717, 1.165) is 22.3 Å². The zero-order valence-electron chi connectivity index (χ0n) is 16.1. The highest BCUT2D eigenvalue weighted by atomic mass is 79.9. The zero-order chi connectivity index (χ0) is 20.5. The highest BCUT2D eigenvalue weighted by Gasteiger charge is 2.23. The minimum atomic E-state index is -0.0703. The van der Waals surface area contributed by atoms with Gasteiger partial charge in [-0.3, -0.25) is 4.79 Å². The molecule has 0 fully saturated rings. The van der Waals surface area contributed by atoms with E-state index in [9.17, 15) is 4.79 Å². The van der Waals surface area contributed by atoms with Crippen molar-refractivity contribution in [3.05, 3.63) is 117 Å². The molecule has 0 saturated carbocycles. The van der Waals surface area contributed by atoms with Gasteiger partial charge in [-0.15, -0.1) is 0 Å². The van der Waals surface area contributed by atoms with Crippen LogP contribution >= 0.6 is 15.9 Å². The van der Waals surface area contributed by atoms with Crippen molar-refractivity contribution < 1.29 is 4.42 Å². The number of hydrogen-bond donors (Lipinski definition) is 0. The van der Waals surface area contributed by atoms with Gasteiger partial charge in [0.15, 0.2) is 0 Å². The summed E-state index contributed by atoms with van der Waals surface area (Å²) in [4.78, 5) is 13.3. The third-order valence-electron chi connectivity index (χ3n) is 5.16. The first-order valence-electron chi connectivity index (χ1n) is 9.72. The fourth-order valence-corrected chi connectivity index (χ4v) is 4.22. The van der Waals surface area contributed by atoms with Gasteiger partial charge in [-0.1, -0.05) is 91.0 Å². The number of fused-ring (bicyclic) bond motifs is 1. The average Bonchev–Trinajstić information content (AvgIpc) is 3.20. The predicted molar refractivity (Wildman–Crippen MR) is 125 cm³/mol. The van der Waals surface area contributed by atoms with E-state index in [2.05, 4.69) is 28.1 Å². The van der Waals surface area contributed by atoms with E-state index in [1.807, 2.05) is 89.6 Å². The quantitative estimate of drug-likeness (QED) is 0.300. The molecule has 2 heterocycles. The van der Waals surface area contributed by atoms with Crippen LogP contribution in [0.5, 0.6) is 0 Å². The van der Waals surface area contributed by atoms with Gasteiger partial charge in [0.25, 0.3) is 0 Å². The first-order valence-corrected chi connectivity index (χ1v) is 10.5. The maximum absolute atomic E-state index is 13.3. The average molecular weight is 456 g/mol. The molecule has 146 valence electrons. The molecule has 30 heavy (non-hydrogen) atoms. The van der Waals surface area contributed by atoms with Crippen LogP contribution in [0.4, 0.5) is 0 Å². The van der Waals surface area contributed by atoms with Crippen LogP contribution in [0, 0.1) is 0 Å². The number of benzene rings is 3. The second-order valence-corrected chi connectivity index (χ2v) is 7.99. The zero-order valence-corrected chi connectivity index (χ0v) is 17.7. The van der Waals surface area contributed by atoms with Crippen LogP contribution < -0.4 is 5.43 Å². The van der Waals surface area contributed by atoms with Gasteiger partial charge in [0.05, 0.1) is 16.4 Å². The van der Waals surface area contributed by atoms with E-state index in [0.29, 0.717) is 27.9 Å². The number of hydrogen-bond acceptors (Lipinski definition) is 2. The van der Waals surface area contributed by atoms with Gasteiger partial charge < -0.3 is 8.98 Å². The van der Waals surface area contributed by atoms with Crippen molar-refractivity contribution in [2.45, 2.75) is 6.54 Å². The lowest BCUT2D eigenvalue weighted by molar-refractivity contribution is 0.585. The fraction of sp³-hybridized carbons (Fsp3) is 0.0385. The Balaban J connectivity index is 1.85. The van der Waals surface area contributed by atoms with Crippen LogP contribution in [0.25, 0.3) is 33.6 Å². The van der Waals surface area contributed by atoms with Crippen molar-refractivity contribution in [1.82, 2.24) is 4.57 Å². The Hall–Kier alpha value is -3.37. The molecule has 5 aromatic rings. The van der Waals surface area contributed by atoms with E-state index in [-0.39, 0.29) is 5.43 Å². The molecule has 0 N–H and O–H groups in total. The molecular formula is C26H18BrNO2. The number of pyridine rings is 1. The highest BCUT2D eigenvalue weighted by molar-refractivity contribution is 9.10. The molecule has 2 aromatic heterocycles. The summed E-state index contributed by atoms with van der Waals surface area (Å²) in [5.41, 5.74) is 4.35. The van der Waals surface area contributed by atoms with Crippen LogP contribution in [-0.2, 0) is 6.54 Å². The molecule has 0 bridgehead atoms. The molecule has 0 aliphatic heterocycles. The van der Waals surface area contributed by atoms with Gasteiger partial charge in [-0.05, 0) is 27.1 Å². The van der Waals surface area contributed by atoms with E-state index in [1.165, 1.54) is 0 Å². The molecule has 5 rings (SSSR count). The van der Waals surface area contributed by atoms with E-state index in [4.69, 9.17) is 4.42 Å². The predicted octanol–water partition coefficient (Wildman–Crippen LogP) is 6.74. The Labute approximate surface area is 182 Å². The minimum absolute atomic E-state index is 0.0703. The summed E-state index contributed by atoms with van der Waals surface area (Å²) in [6, 6.07) is 30.0. The number of halogens is 1. The van der Waals surface area contributed by atoms with Crippen molar-refractivity contribution in [3.8, 4) is 22.5 Å². The number of aromatic nitrogens is 1. The Morgan fingerprint density at radius 2 is 1.33 bits per heavy atom. The molecule has 3 aromatic carbocycles. The van der Waals surface area contributed by atoms with E-state index >= 15 is 0 Å². The van der Waals surface area contributed by atoms with E-state index in [1.54, 1.807) is 0 Å². The molecule has 4 heteroatoms. The maximum Gasteiger partial charge on any atom is 0.212 e. The lowest BCUT2D eigenvalue weighted by Crippen LogP contribution is -2.10. The Morgan fingerprint density at radius 1 is 0.767 bits per heavy atom. The van der Waals surface area contributed by atoms with Crippen molar-refractivity contribution in [3.63, 3.8) is 0 Å². The first kappa shape index (κ1) is 18.6. The van der Waals surface area contributed by atoms with E-state index < -0.39 is 0 Å². The van der Waals surface area contributed by atoms with Crippen LogP contribution in [0.3, 0.4) is 0 Å². The lowest BCUT2D eigenvalue weighted by Gasteiger charge is -2.08. The summed E-state index contributed by atoms with van der Waals surface area (Å²) < 4.78 is 8.93. The summed E-state index contributed by atoms with van der Waals surface area (Å²) in [7, 11) is 0. The Morgan fingerprint density at radius 3 is 1.97 bits per heavy atom. The normalized spacial score (nSPS) is 11.1. The summed E-state index contributed by atoms with van der Waals surface area (Å²) in [5, 5.41) is 0.588. The summed E-state index contributed by atoms with van der Waals surface area (Å²) in [5.74, 6) is 0.703. The highest BCUT2D eigenvalue weighted by Crippen LogP contribution is 2.40. The topological polar surface area (TPSA) is 35.1 Å². The van der Waals surface area contributed by atoms with Crippen LogP contribution in [-0.4, -0.2) is 4.57 Å². The monoisotopic (exact) mass is 455 g/mol. The Bertz CT molecular complexity index is 1370. The maximum atomic E-state index is 13.3. The number of nitrogens with zero attached hydrogens (tertiary/aromatic N) is 1.